The first-order chi connectivity index (χ1) is 9.90. The summed E-state index contributed by atoms with van der Waals surface area (Å²) in [5.74, 6) is 0. The van der Waals surface area contributed by atoms with Crippen molar-refractivity contribution in [1.29, 1.82) is 0 Å². The number of ether oxygens (including phenoxy) is 1. The lowest BCUT2D eigenvalue weighted by atomic mass is 10.1. The van der Waals surface area contributed by atoms with Crippen LogP contribution in [0, 0.1) is 0 Å². The molecule has 0 aliphatic carbocycles. The van der Waals surface area contributed by atoms with E-state index in [2.05, 4.69) is 10.3 Å². The van der Waals surface area contributed by atoms with Crippen LogP contribution in [0.5, 0.6) is 0 Å². The summed E-state index contributed by atoms with van der Waals surface area (Å²) < 4.78 is 7.07. The highest BCUT2D eigenvalue weighted by atomic mass is 16.6. The lowest BCUT2D eigenvalue weighted by Gasteiger charge is -2.22. The Kier molecular flexibility index (Phi) is 4.26. The van der Waals surface area contributed by atoms with Crippen molar-refractivity contribution in [2.75, 3.05) is 0 Å². The molecule has 0 bridgehead atoms. The smallest absolute Gasteiger partial charge is 0.408 e. The van der Waals surface area contributed by atoms with Crippen molar-refractivity contribution in [2.24, 2.45) is 0 Å². The average Bonchev–Trinajstić information content (AvgIpc) is 2.79. The molecule has 112 valence electrons. The maximum atomic E-state index is 11.9. The maximum absolute atomic E-state index is 11.9. The Morgan fingerprint density at radius 1 is 1.48 bits per heavy atom. The second-order valence-corrected chi connectivity index (χ2v) is 5.71. The van der Waals surface area contributed by atoms with E-state index in [-0.39, 0.29) is 6.42 Å². The van der Waals surface area contributed by atoms with E-state index >= 15 is 0 Å². The Balaban J connectivity index is 2.23. The van der Waals surface area contributed by atoms with Gasteiger partial charge >= 0.3 is 6.09 Å². The SMILES string of the molecule is CC(C)(C)OC(=O)N[C@@H](CC=O)c1cnc2ccccn12. The number of hydrogen-bond acceptors (Lipinski definition) is 4. The Morgan fingerprint density at radius 2 is 2.24 bits per heavy atom. The normalized spacial score (nSPS) is 12.9. The first kappa shape index (κ1) is 15.0. The van der Waals surface area contributed by atoms with Crippen molar-refractivity contribution >= 4 is 18.0 Å². The van der Waals surface area contributed by atoms with Crippen LogP contribution >= 0.6 is 0 Å². The molecule has 2 aromatic rings. The highest BCUT2D eigenvalue weighted by Gasteiger charge is 2.22. The Morgan fingerprint density at radius 3 is 2.90 bits per heavy atom. The van der Waals surface area contributed by atoms with Gasteiger partial charge in [0, 0.05) is 12.6 Å². The molecule has 0 fully saturated rings. The zero-order chi connectivity index (χ0) is 15.5. The van der Waals surface area contributed by atoms with E-state index in [1.807, 2.05) is 28.8 Å². The van der Waals surface area contributed by atoms with Crippen molar-refractivity contribution in [3.63, 3.8) is 0 Å². The number of hydrogen-bond donors (Lipinski definition) is 1. The van der Waals surface area contributed by atoms with E-state index in [1.165, 1.54) is 0 Å². The molecule has 2 aromatic heterocycles. The molecule has 21 heavy (non-hydrogen) atoms. The summed E-state index contributed by atoms with van der Waals surface area (Å²) in [4.78, 5) is 27.0. The molecule has 6 nitrogen and oxygen atoms in total. The van der Waals surface area contributed by atoms with Gasteiger partial charge in [0.1, 0.15) is 17.5 Å². The summed E-state index contributed by atoms with van der Waals surface area (Å²) in [5.41, 5.74) is 0.910. The summed E-state index contributed by atoms with van der Waals surface area (Å²) in [6.45, 7) is 5.36. The summed E-state index contributed by atoms with van der Waals surface area (Å²) in [6, 6.07) is 5.12. The molecular formula is C15H19N3O3. The van der Waals surface area contributed by atoms with Crippen LogP contribution in [0.4, 0.5) is 4.79 Å². The Labute approximate surface area is 123 Å². The third-order valence-electron chi connectivity index (χ3n) is 2.83. The number of aldehydes is 1. The van der Waals surface area contributed by atoms with E-state index in [9.17, 15) is 9.59 Å². The summed E-state index contributed by atoms with van der Waals surface area (Å²) in [6.07, 6.45) is 3.86. The molecule has 6 heteroatoms. The van der Waals surface area contributed by atoms with Crippen LogP contribution < -0.4 is 5.32 Å². The third kappa shape index (κ3) is 3.81. The lowest BCUT2D eigenvalue weighted by molar-refractivity contribution is -0.108. The van der Waals surface area contributed by atoms with Gasteiger partial charge in [-0.05, 0) is 32.9 Å². The van der Waals surface area contributed by atoms with Gasteiger partial charge in [-0.2, -0.15) is 0 Å². The van der Waals surface area contributed by atoms with Gasteiger partial charge < -0.3 is 19.2 Å². The number of pyridine rings is 1. The highest BCUT2D eigenvalue weighted by molar-refractivity contribution is 5.69. The zero-order valence-corrected chi connectivity index (χ0v) is 12.4. The van der Waals surface area contributed by atoms with Gasteiger partial charge in [0.25, 0.3) is 0 Å². The van der Waals surface area contributed by atoms with Crippen LogP contribution in [0.1, 0.15) is 38.9 Å². The van der Waals surface area contributed by atoms with Crippen molar-refractivity contribution < 1.29 is 14.3 Å². The number of imidazole rings is 1. The van der Waals surface area contributed by atoms with Gasteiger partial charge in [0.05, 0.1) is 17.9 Å². The summed E-state index contributed by atoms with van der Waals surface area (Å²) >= 11 is 0. The zero-order valence-electron chi connectivity index (χ0n) is 12.4. The van der Waals surface area contributed by atoms with E-state index in [0.717, 1.165) is 17.6 Å². The number of alkyl carbamates (subject to hydrolysis) is 1. The van der Waals surface area contributed by atoms with Crippen LogP contribution in [0.25, 0.3) is 5.65 Å². The summed E-state index contributed by atoms with van der Waals surface area (Å²) in [7, 11) is 0. The van der Waals surface area contributed by atoms with Gasteiger partial charge in [0.15, 0.2) is 0 Å². The van der Waals surface area contributed by atoms with Crippen LogP contribution in [0.15, 0.2) is 30.6 Å². The number of carbonyl (C=O) groups is 2. The molecule has 2 rings (SSSR count). The van der Waals surface area contributed by atoms with E-state index < -0.39 is 17.7 Å². The van der Waals surface area contributed by atoms with Crippen LogP contribution in [-0.4, -0.2) is 27.4 Å². The minimum absolute atomic E-state index is 0.155. The Hall–Kier alpha value is -2.37. The van der Waals surface area contributed by atoms with Crippen LogP contribution in [-0.2, 0) is 9.53 Å². The van der Waals surface area contributed by atoms with Gasteiger partial charge in [-0.25, -0.2) is 9.78 Å². The monoisotopic (exact) mass is 289 g/mol. The number of rotatable bonds is 4. The Bertz CT molecular complexity index is 643. The van der Waals surface area contributed by atoms with E-state index in [4.69, 9.17) is 4.74 Å². The first-order valence-corrected chi connectivity index (χ1v) is 6.76. The minimum Gasteiger partial charge on any atom is -0.444 e. The molecule has 1 N–H and O–H groups in total. The predicted octanol–water partition coefficient (Wildman–Crippen LogP) is 2.49. The molecule has 0 aliphatic heterocycles. The van der Waals surface area contributed by atoms with Crippen molar-refractivity contribution in [2.45, 2.75) is 38.8 Å². The fraction of sp³-hybridized carbons (Fsp3) is 0.400. The van der Waals surface area contributed by atoms with Crippen molar-refractivity contribution in [3.05, 3.63) is 36.3 Å². The van der Waals surface area contributed by atoms with Crippen molar-refractivity contribution in [1.82, 2.24) is 14.7 Å². The quantitative estimate of drug-likeness (QED) is 0.878. The molecule has 0 aromatic carbocycles. The molecule has 1 amide bonds. The molecular weight excluding hydrogens is 270 g/mol. The second-order valence-electron chi connectivity index (χ2n) is 5.71. The van der Waals surface area contributed by atoms with E-state index in [1.54, 1.807) is 27.0 Å². The fourth-order valence-electron chi connectivity index (χ4n) is 2.01. The lowest BCUT2D eigenvalue weighted by Crippen LogP contribution is -2.35. The summed E-state index contributed by atoms with van der Waals surface area (Å²) in [5, 5.41) is 2.72. The molecule has 0 unspecified atom stereocenters. The second kappa shape index (κ2) is 5.95. The molecule has 0 spiro atoms. The number of fused-ring (bicyclic) bond motifs is 1. The van der Waals surface area contributed by atoms with E-state index in [0.29, 0.717) is 0 Å². The molecule has 1 atom stereocenters. The van der Waals surface area contributed by atoms with Gasteiger partial charge in [0.2, 0.25) is 0 Å². The van der Waals surface area contributed by atoms with Crippen LogP contribution in [0.3, 0.4) is 0 Å². The number of nitrogens with zero attached hydrogens (tertiary/aromatic N) is 2. The van der Waals surface area contributed by atoms with Crippen LogP contribution in [0.2, 0.25) is 0 Å². The fourth-order valence-corrected chi connectivity index (χ4v) is 2.01. The number of aromatic nitrogens is 2. The highest BCUT2D eigenvalue weighted by Crippen LogP contribution is 2.18. The van der Waals surface area contributed by atoms with Gasteiger partial charge in [-0.3, -0.25) is 0 Å². The molecule has 0 aliphatic rings. The molecule has 0 radical (unpaired) electrons. The maximum Gasteiger partial charge on any atom is 0.408 e. The molecule has 0 saturated heterocycles. The topological polar surface area (TPSA) is 72.7 Å². The number of amides is 1. The van der Waals surface area contributed by atoms with Crippen molar-refractivity contribution in [3.8, 4) is 0 Å². The third-order valence-corrected chi connectivity index (χ3v) is 2.83. The first-order valence-electron chi connectivity index (χ1n) is 6.76. The largest absolute Gasteiger partial charge is 0.444 e. The number of carbonyl (C=O) groups excluding carboxylic acids is 2. The van der Waals surface area contributed by atoms with Gasteiger partial charge in [-0.15, -0.1) is 0 Å². The molecule has 2 heterocycles. The predicted molar refractivity (Wildman–Crippen MR) is 78.0 cm³/mol. The molecule has 0 saturated carbocycles. The standard InChI is InChI=1S/C15H19N3O3/c1-15(2,3)21-14(20)17-11(7-9-19)12-10-16-13-6-4-5-8-18(12)13/h4-6,8-11H,7H2,1-3H3,(H,17,20)/t11-/m0/s1. The minimum atomic E-state index is -0.588. The van der Waals surface area contributed by atoms with Gasteiger partial charge in [-0.1, -0.05) is 6.07 Å². The average molecular weight is 289 g/mol. The number of nitrogens with one attached hydrogen (secondary N) is 1.